The molecule has 3 nitrogen and oxygen atoms in total. The number of benzene rings is 2. The first kappa shape index (κ1) is 15.4. The van der Waals surface area contributed by atoms with Crippen LogP contribution in [-0.2, 0) is 17.8 Å². The zero-order valence-corrected chi connectivity index (χ0v) is 12.7. The first-order chi connectivity index (χ1) is 10.3. The van der Waals surface area contributed by atoms with Crippen LogP contribution in [0.4, 0.5) is 0 Å². The summed E-state index contributed by atoms with van der Waals surface area (Å²) in [6.45, 7) is 1.43. The highest BCUT2D eigenvalue weighted by atomic mass is 16.5. The van der Waals surface area contributed by atoms with E-state index >= 15 is 0 Å². The average Bonchev–Trinajstić information content (AvgIpc) is 2.55. The van der Waals surface area contributed by atoms with Crippen molar-refractivity contribution in [2.24, 2.45) is 0 Å². The van der Waals surface area contributed by atoms with E-state index in [1.54, 1.807) is 14.2 Å². The van der Waals surface area contributed by atoms with Gasteiger partial charge in [-0.2, -0.15) is 0 Å². The molecule has 2 aromatic rings. The predicted molar refractivity (Wildman–Crippen MR) is 84.0 cm³/mol. The molecule has 3 heteroatoms. The average molecular weight is 286 g/mol. The van der Waals surface area contributed by atoms with Crippen LogP contribution in [0.5, 0.6) is 11.5 Å². The number of aryl methyl sites for hydroxylation is 1. The summed E-state index contributed by atoms with van der Waals surface area (Å²) < 4.78 is 16.2. The summed E-state index contributed by atoms with van der Waals surface area (Å²) in [7, 11) is 3.31. The summed E-state index contributed by atoms with van der Waals surface area (Å²) in [6, 6.07) is 16.3. The highest BCUT2D eigenvalue weighted by Crippen LogP contribution is 2.27. The van der Waals surface area contributed by atoms with Crippen LogP contribution in [0.15, 0.2) is 48.5 Å². The van der Waals surface area contributed by atoms with Crippen molar-refractivity contribution in [3.8, 4) is 11.5 Å². The van der Waals surface area contributed by atoms with Gasteiger partial charge >= 0.3 is 0 Å². The van der Waals surface area contributed by atoms with Crippen LogP contribution < -0.4 is 9.47 Å². The topological polar surface area (TPSA) is 27.7 Å². The van der Waals surface area contributed by atoms with Gasteiger partial charge in [-0.1, -0.05) is 36.4 Å². The predicted octanol–water partition coefficient (Wildman–Crippen LogP) is 3.85. The van der Waals surface area contributed by atoms with Gasteiger partial charge in [-0.05, 0) is 36.1 Å². The Bertz CT molecular complexity index is 537. The van der Waals surface area contributed by atoms with Crippen LogP contribution in [0.3, 0.4) is 0 Å². The first-order valence-corrected chi connectivity index (χ1v) is 7.16. The minimum atomic E-state index is 0.673. The van der Waals surface area contributed by atoms with Crippen LogP contribution in [0.1, 0.15) is 17.5 Å². The Morgan fingerprint density at radius 2 is 1.57 bits per heavy atom. The van der Waals surface area contributed by atoms with Gasteiger partial charge in [-0.15, -0.1) is 0 Å². The number of hydrogen-bond donors (Lipinski definition) is 0. The fourth-order valence-corrected chi connectivity index (χ4v) is 2.18. The SMILES string of the molecule is COc1ccc(CCCOCc2ccccc2)cc1OC. The van der Waals surface area contributed by atoms with Crippen molar-refractivity contribution in [1.29, 1.82) is 0 Å². The molecule has 0 bridgehead atoms. The Morgan fingerprint density at radius 1 is 0.810 bits per heavy atom. The quantitative estimate of drug-likeness (QED) is 0.690. The van der Waals surface area contributed by atoms with Crippen molar-refractivity contribution in [2.45, 2.75) is 19.4 Å². The first-order valence-electron chi connectivity index (χ1n) is 7.16. The van der Waals surface area contributed by atoms with E-state index in [0.29, 0.717) is 6.61 Å². The van der Waals surface area contributed by atoms with E-state index in [9.17, 15) is 0 Å². The molecule has 112 valence electrons. The molecule has 0 amide bonds. The normalized spacial score (nSPS) is 10.4. The summed E-state index contributed by atoms with van der Waals surface area (Å²) in [5, 5.41) is 0. The van der Waals surface area contributed by atoms with E-state index < -0.39 is 0 Å². The van der Waals surface area contributed by atoms with Crippen LogP contribution in [0, 0.1) is 0 Å². The molecule has 0 fully saturated rings. The Morgan fingerprint density at radius 3 is 2.29 bits per heavy atom. The van der Waals surface area contributed by atoms with Crippen LogP contribution in [-0.4, -0.2) is 20.8 Å². The second-order valence-electron chi connectivity index (χ2n) is 4.83. The number of ether oxygens (including phenoxy) is 3. The lowest BCUT2D eigenvalue weighted by Gasteiger charge is -2.09. The highest BCUT2D eigenvalue weighted by Gasteiger charge is 2.04. The van der Waals surface area contributed by atoms with Crippen molar-refractivity contribution in [3.63, 3.8) is 0 Å². The van der Waals surface area contributed by atoms with Gasteiger partial charge in [-0.3, -0.25) is 0 Å². The summed E-state index contributed by atoms with van der Waals surface area (Å²) in [4.78, 5) is 0. The summed E-state index contributed by atoms with van der Waals surface area (Å²) >= 11 is 0. The Kier molecular flexibility index (Phi) is 6.10. The summed E-state index contributed by atoms with van der Waals surface area (Å²) in [6.07, 6.45) is 1.96. The van der Waals surface area contributed by atoms with E-state index in [2.05, 4.69) is 18.2 Å². The Labute approximate surface area is 126 Å². The second kappa shape index (κ2) is 8.32. The van der Waals surface area contributed by atoms with Crippen molar-refractivity contribution < 1.29 is 14.2 Å². The number of methoxy groups -OCH3 is 2. The second-order valence-corrected chi connectivity index (χ2v) is 4.83. The molecule has 0 aliphatic heterocycles. The highest BCUT2D eigenvalue weighted by molar-refractivity contribution is 5.42. The van der Waals surface area contributed by atoms with E-state index in [4.69, 9.17) is 14.2 Å². The molecule has 0 unspecified atom stereocenters. The lowest BCUT2D eigenvalue weighted by atomic mass is 10.1. The smallest absolute Gasteiger partial charge is 0.160 e. The fraction of sp³-hybridized carbons (Fsp3) is 0.333. The molecule has 0 saturated carbocycles. The van der Waals surface area contributed by atoms with Crippen molar-refractivity contribution in [2.75, 3.05) is 20.8 Å². The number of hydrogen-bond acceptors (Lipinski definition) is 3. The van der Waals surface area contributed by atoms with E-state index in [1.165, 1.54) is 11.1 Å². The van der Waals surface area contributed by atoms with Crippen LogP contribution in [0.2, 0.25) is 0 Å². The van der Waals surface area contributed by atoms with Crippen LogP contribution >= 0.6 is 0 Å². The Hall–Kier alpha value is -2.00. The van der Waals surface area contributed by atoms with Gasteiger partial charge in [0.25, 0.3) is 0 Å². The maximum absolute atomic E-state index is 5.69. The van der Waals surface area contributed by atoms with Crippen molar-refractivity contribution in [3.05, 3.63) is 59.7 Å². The zero-order chi connectivity index (χ0) is 14.9. The fourth-order valence-electron chi connectivity index (χ4n) is 2.18. The molecule has 21 heavy (non-hydrogen) atoms. The molecule has 2 rings (SSSR count). The van der Waals surface area contributed by atoms with Gasteiger partial charge < -0.3 is 14.2 Å². The molecule has 2 aromatic carbocycles. The molecule has 0 heterocycles. The molecule has 0 aromatic heterocycles. The van der Waals surface area contributed by atoms with Gasteiger partial charge in [0.05, 0.1) is 20.8 Å². The third-order valence-electron chi connectivity index (χ3n) is 3.31. The molecule has 0 aliphatic carbocycles. The lowest BCUT2D eigenvalue weighted by molar-refractivity contribution is 0.118. The van der Waals surface area contributed by atoms with E-state index in [1.807, 2.05) is 30.3 Å². The third-order valence-corrected chi connectivity index (χ3v) is 3.31. The zero-order valence-electron chi connectivity index (χ0n) is 12.7. The maximum Gasteiger partial charge on any atom is 0.160 e. The monoisotopic (exact) mass is 286 g/mol. The van der Waals surface area contributed by atoms with E-state index in [-0.39, 0.29) is 0 Å². The number of rotatable bonds is 8. The van der Waals surface area contributed by atoms with Gasteiger partial charge in [-0.25, -0.2) is 0 Å². The third kappa shape index (κ3) is 4.80. The van der Waals surface area contributed by atoms with Gasteiger partial charge in [0, 0.05) is 6.61 Å². The minimum Gasteiger partial charge on any atom is -0.493 e. The van der Waals surface area contributed by atoms with Gasteiger partial charge in [0.15, 0.2) is 11.5 Å². The van der Waals surface area contributed by atoms with Gasteiger partial charge in [0.1, 0.15) is 0 Å². The molecule has 0 spiro atoms. The lowest BCUT2D eigenvalue weighted by Crippen LogP contribution is -1.98. The molecule has 0 atom stereocenters. The summed E-state index contributed by atoms with van der Waals surface area (Å²) in [5.74, 6) is 1.54. The Balaban J connectivity index is 1.73. The molecule has 0 radical (unpaired) electrons. The summed E-state index contributed by atoms with van der Waals surface area (Å²) in [5.41, 5.74) is 2.44. The van der Waals surface area contributed by atoms with E-state index in [0.717, 1.165) is 30.9 Å². The minimum absolute atomic E-state index is 0.673. The van der Waals surface area contributed by atoms with Gasteiger partial charge in [0.2, 0.25) is 0 Å². The molecule has 0 aliphatic rings. The standard InChI is InChI=1S/C18H22O3/c1-19-17-11-10-15(13-18(17)20-2)9-6-12-21-14-16-7-4-3-5-8-16/h3-5,7-8,10-11,13H,6,9,12,14H2,1-2H3. The molecule has 0 N–H and O–H groups in total. The maximum atomic E-state index is 5.69. The largest absolute Gasteiger partial charge is 0.493 e. The van der Waals surface area contributed by atoms with Crippen molar-refractivity contribution >= 4 is 0 Å². The van der Waals surface area contributed by atoms with Crippen LogP contribution in [0.25, 0.3) is 0 Å². The molecular weight excluding hydrogens is 264 g/mol. The molecular formula is C18H22O3. The molecule has 0 saturated heterocycles. The van der Waals surface area contributed by atoms with Crippen molar-refractivity contribution in [1.82, 2.24) is 0 Å².